The van der Waals surface area contributed by atoms with E-state index in [4.69, 9.17) is 5.26 Å². The number of carbonyl (C=O) groups excluding carboxylic acids is 1. The maximum atomic E-state index is 12.7. The van der Waals surface area contributed by atoms with Crippen LogP contribution in [0, 0.1) is 11.3 Å². The molecule has 2 aromatic rings. The number of rotatable bonds is 8. The first-order valence-corrected chi connectivity index (χ1v) is 11.7. The van der Waals surface area contributed by atoms with Crippen molar-refractivity contribution in [3.8, 4) is 6.07 Å². The van der Waals surface area contributed by atoms with Crippen LogP contribution in [0.5, 0.6) is 0 Å². The van der Waals surface area contributed by atoms with E-state index in [1.807, 2.05) is 0 Å². The number of pyridine rings is 1. The zero-order chi connectivity index (χ0) is 20.7. The van der Waals surface area contributed by atoms with Gasteiger partial charge in [0.25, 0.3) is 10.0 Å². The quantitative estimate of drug-likeness (QED) is 0.615. The normalized spacial score (nSPS) is 14.9. The number of sulfonamides is 1. The fraction of sp³-hybridized carbons (Fsp3) is 0.421. The molecule has 1 aliphatic rings. The van der Waals surface area contributed by atoms with Gasteiger partial charge < -0.3 is 10.6 Å². The number of piperidine rings is 1. The molecule has 154 valence electrons. The first kappa shape index (κ1) is 21.2. The molecule has 0 unspecified atom stereocenters. The Balaban J connectivity index is 1.47. The molecule has 1 amide bonds. The van der Waals surface area contributed by atoms with Gasteiger partial charge in [-0.2, -0.15) is 9.57 Å². The molecule has 1 aliphatic heterocycles. The summed E-state index contributed by atoms with van der Waals surface area (Å²) in [5, 5.41) is 14.8. The summed E-state index contributed by atoms with van der Waals surface area (Å²) in [5.74, 6) is 0.298. The summed E-state index contributed by atoms with van der Waals surface area (Å²) < 4.78 is 27.2. The lowest BCUT2D eigenvalue weighted by Crippen LogP contribution is -2.35. The van der Waals surface area contributed by atoms with Crippen molar-refractivity contribution in [1.82, 2.24) is 14.6 Å². The highest BCUT2D eigenvalue weighted by atomic mass is 32.2. The largest absolute Gasteiger partial charge is 0.367 e. The standard InChI is InChI=1S/C19H23N5O3S2/c20-14-15-5-4-8-22-19(15)23-10-9-21-17(25)13-16-6-7-18(28-16)29(26,27)24-11-2-1-3-12-24/h4-8H,1-3,9-13H2,(H,21,25)(H,22,23). The topological polar surface area (TPSA) is 115 Å². The molecule has 0 spiro atoms. The van der Waals surface area contributed by atoms with Gasteiger partial charge in [-0.15, -0.1) is 11.3 Å². The van der Waals surface area contributed by atoms with Crippen LogP contribution in [0.4, 0.5) is 5.82 Å². The molecule has 1 fully saturated rings. The minimum atomic E-state index is -3.46. The Labute approximate surface area is 174 Å². The minimum absolute atomic E-state index is 0.132. The lowest BCUT2D eigenvalue weighted by atomic mass is 10.2. The zero-order valence-electron chi connectivity index (χ0n) is 15.9. The Kier molecular flexibility index (Phi) is 7.19. The summed E-state index contributed by atoms with van der Waals surface area (Å²) in [7, 11) is -3.46. The number of hydrogen-bond acceptors (Lipinski definition) is 7. The maximum Gasteiger partial charge on any atom is 0.252 e. The highest BCUT2D eigenvalue weighted by Gasteiger charge is 2.27. The second kappa shape index (κ2) is 9.82. The second-order valence-corrected chi connectivity index (χ2v) is 9.98. The van der Waals surface area contributed by atoms with Crippen LogP contribution in [-0.4, -0.2) is 49.8 Å². The third-order valence-corrected chi connectivity index (χ3v) is 8.00. The van der Waals surface area contributed by atoms with Gasteiger partial charge >= 0.3 is 0 Å². The molecule has 0 aromatic carbocycles. The molecule has 29 heavy (non-hydrogen) atoms. The van der Waals surface area contributed by atoms with Crippen LogP contribution in [0.15, 0.2) is 34.7 Å². The van der Waals surface area contributed by atoms with Crippen molar-refractivity contribution in [1.29, 1.82) is 5.26 Å². The average Bonchev–Trinajstić information content (AvgIpc) is 3.21. The molecule has 3 rings (SSSR count). The van der Waals surface area contributed by atoms with Gasteiger partial charge in [0.05, 0.1) is 12.0 Å². The van der Waals surface area contributed by atoms with E-state index in [1.54, 1.807) is 30.5 Å². The molecular formula is C19H23N5O3S2. The number of nitrogens with one attached hydrogen (secondary N) is 2. The minimum Gasteiger partial charge on any atom is -0.367 e. The smallest absolute Gasteiger partial charge is 0.252 e. The van der Waals surface area contributed by atoms with E-state index in [0.717, 1.165) is 30.6 Å². The fourth-order valence-electron chi connectivity index (χ4n) is 3.06. The van der Waals surface area contributed by atoms with Crippen molar-refractivity contribution in [3.63, 3.8) is 0 Å². The lowest BCUT2D eigenvalue weighted by Gasteiger charge is -2.25. The highest BCUT2D eigenvalue weighted by Crippen LogP contribution is 2.27. The Hall–Kier alpha value is -2.48. The van der Waals surface area contributed by atoms with E-state index in [0.29, 0.717) is 46.6 Å². The number of nitriles is 1. The predicted octanol–water partition coefficient (Wildman–Crippen LogP) is 1.96. The molecule has 8 nitrogen and oxygen atoms in total. The van der Waals surface area contributed by atoms with Gasteiger partial charge in [0.1, 0.15) is 16.1 Å². The molecule has 0 saturated carbocycles. The van der Waals surface area contributed by atoms with Crippen molar-refractivity contribution in [2.45, 2.75) is 29.9 Å². The van der Waals surface area contributed by atoms with Gasteiger partial charge in [-0.25, -0.2) is 13.4 Å². The Morgan fingerprint density at radius 3 is 2.76 bits per heavy atom. The van der Waals surface area contributed by atoms with Crippen LogP contribution >= 0.6 is 11.3 Å². The van der Waals surface area contributed by atoms with Crippen molar-refractivity contribution in [3.05, 3.63) is 40.9 Å². The Bertz CT molecular complexity index is 991. The van der Waals surface area contributed by atoms with E-state index in [-0.39, 0.29) is 12.3 Å². The molecule has 0 atom stereocenters. The van der Waals surface area contributed by atoms with Crippen LogP contribution in [0.25, 0.3) is 0 Å². The van der Waals surface area contributed by atoms with Crippen LogP contribution < -0.4 is 10.6 Å². The van der Waals surface area contributed by atoms with Gasteiger partial charge in [-0.1, -0.05) is 6.42 Å². The van der Waals surface area contributed by atoms with Gasteiger partial charge in [-0.3, -0.25) is 4.79 Å². The Morgan fingerprint density at radius 1 is 1.21 bits per heavy atom. The van der Waals surface area contributed by atoms with Gasteiger partial charge in [0.15, 0.2) is 0 Å². The van der Waals surface area contributed by atoms with Crippen LogP contribution in [0.2, 0.25) is 0 Å². The van der Waals surface area contributed by atoms with Crippen molar-refractivity contribution in [2.75, 3.05) is 31.5 Å². The average molecular weight is 434 g/mol. The summed E-state index contributed by atoms with van der Waals surface area (Å²) in [6.45, 7) is 1.92. The Morgan fingerprint density at radius 2 is 2.00 bits per heavy atom. The summed E-state index contributed by atoms with van der Waals surface area (Å²) in [6.07, 6.45) is 4.57. The number of hydrogen-bond donors (Lipinski definition) is 2. The van der Waals surface area contributed by atoms with Crippen LogP contribution in [0.3, 0.4) is 0 Å². The monoisotopic (exact) mass is 433 g/mol. The molecule has 10 heteroatoms. The van der Waals surface area contributed by atoms with Crippen LogP contribution in [-0.2, 0) is 21.2 Å². The number of carbonyl (C=O) groups is 1. The summed E-state index contributed by atoms with van der Waals surface area (Å²) in [5.41, 5.74) is 0.444. The molecule has 2 aromatic heterocycles. The summed E-state index contributed by atoms with van der Waals surface area (Å²) in [6, 6.07) is 8.69. The highest BCUT2D eigenvalue weighted by molar-refractivity contribution is 7.91. The van der Waals surface area contributed by atoms with Gasteiger partial charge in [-0.05, 0) is 37.1 Å². The second-order valence-electron chi connectivity index (χ2n) is 6.65. The maximum absolute atomic E-state index is 12.7. The first-order chi connectivity index (χ1) is 14.0. The number of amides is 1. The summed E-state index contributed by atoms with van der Waals surface area (Å²) >= 11 is 1.15. The molecule has 0 bridgehead atoms. The lowest BCUT2D eigenvalue weighted by molar-refractivity contribution is -0.120. The van der Waals surface area contributed by atoms with Crippen molar-refractivity contribution >= 4 is 33.1 Å². The molecule has 3 heterocycles. The SMILES string of the molecule is N#Cc1cccnc1NCCNC(=O)Cc1ccc(S(=O)(=O)N2CCCCC2)s1. The van der Waals surface area contributed by atoms with E-state index < -0.39 is 10.0 Å². The van der Waals surface area contributed by atoms with E-state index in [2.05, 4.69) is 21.7 Å². The first-order valence-electron chi connectivity index (χ1n) is 9.45. The van der Waals surface area contributed by atoms with E-state index in [1.165, 1.54) is 4.31 Å². The molecular weight excluding hydrogens is 410 g/mol. The van der Waals surface area contributed by atoms with Crippen LogP contribution in [0.1, 0.15) is 29.7 Å². The molecule has 2 N–H and O–H groups in total. The fourth-order valence-corrected chi connectivity index (χ4v) is 6.09. The number of thiophene rings is 1. The number of aromatic nitrogens is 1. The molecule has 0 radical (unpaired) electrons. The number of nitrogens with zero attached hydrogens (tertiary/aromatic N) is 3. The number of anilines is 1. The zero-order valence-corrected chi connectivity index (χ0v) is 17.6. The third-order valence-electron chi connectivity index (χ3n) is 4.55. The molecule has 0 aliphatic carbocycles. The van der Waals surface area contributed by atoms with Gasteiger partial charge in [0, 0.05) is 37.3 Å². The predicted molar refractivity (Wildman–Crippen MR) is 111 cm³/mol. The van der Waals surface area contributed by atoms with Gasteiger partial charge in [0.2, 0.25) is 5.91 Å². The third kappa shape index (κ3) is 5.53. The van der Waals surface area contributed by atoms with E-state index >= 15 is 0 Å². The summed E-state index contributed by atoms with van der Waals surface area (Å²) in [4.78, 5) is 17.0. The van der Waals surface area contributed by atoms with Crippen molar-refractivity contribution in [2.24, 2.45) is 0 Å². The van der Waals surface area contributed by atoms with Crippen molar-refractivity contribution < 1.29 is 13.2 Å². The van der Waals surface area contributed by atoms with E-state index in [9.17, 15) is 13.2 Å². The molecule has 1 saturated heterocycles.